The van der Waals surface area contributed by atoms with Crippen LogP contribution in [-0.2, 0) is 4.79 Å². The Morgan fingerprint density at radius 2 is 2.27 bits per heavy atom. The lowest BCUT2D eigenvalue weighted by atomic mass is 9.84. The van der Waals surface area contributed by atoms with Gasteiger partial charge in [-0.2, -0.15) is 0 Å². The highest BCUT2D eigenvalue weighted by Gasteiger charge is 2.38. The van der Waals surface area contributed by atoms with Gasteiger partial charge in [0.15, 0.2) is 0 Å². The molecule has 0 radical (unpaired) electrons. The van der Waals surface area contributed by atoms with E-state index in [9.17, 15) is 4.79 Å². The Balaban J connectivity index is 2.64. The summed E-state index contributed by atoms with van der Waals surface area (Å²) in [6.07, 6.45) is 1.07. The molecule has 0 unspecified atom stereocenters. The van der Waals surface area contributed by atoms with Crippen molar-refractivity contribution in [3.05, 3.63) is 0 Å². The van der Waals surface area contributed by atoms with Gasteiger partial charge in [-0.05, 0) is 18.4 Å². The Morgan fingerprint density at radius 3 is 2.64 bits per heavy atom. The van der Waals surface area contributed by atoms with Crippen LogP contribution < -0.4 is 10.6 Å². The summed E-state index contributed by atoms with van der Waals surface area (Å²) in [6.45, 7) is 5.19. The molecule has 11 heavy (non-hydrogen) atoms. The Hall–Kier alpha value is -0.570. The molecule has 0 aromatic carbocycles. The van der Waals surface area contributed by atoms with Crippen LogP contribution in [0.1, 0.15) is 20.3 Å². The second kappa shape index (κ2) is 2.81. The Bertz CT molecular complexity index is 165. The minimum Gasteiger partial charge on any atom is -0.358 e. The first-order valence-electron chi connectivity index (χ1n) is 4.03. The van der Waals surface area contributed by atoms with Gasteiger partial charge in [0.2, 0.25) is 5.91 Å². The van der Waals surface area contributed by atoms with Crippen LogP contribution >= 0.6 is 0 Å². The van der Waals surface area contributed by atoms with Gasteiger partial charge in [0.25, 0.3) is 0 Å². The van der Waals surface area contributed by atoms with E-state index in [0.717, 1.165) is 13.0 Å². The molecule has 0 aliphatic carbocycles. The van der Waals surface area contributed by atoms with Crippen molar-refractivity contribution < 1.29 is 4.79 Å². The van der Waals surface area contributed by atoms with Gasteiger partial charge >= 0.3 is 0 Å². The average Bonchev–Trinajstić information content (AvgIpc) is 2.28. The molecule has 64 valence electrons. The maximum Gasteiger partial charge on any atom is 0.237 e. The van der Waals surface area contributed by atoms with Crippen LogP contribution in [0.5, 0.6) is 0 Å². The van der Waals surface area contributed by atoms with Crippen molar-refractivity contribution in [2.24, 2.45) is 5.41 Å². The monoisotopic (exact) mass is 156 g/mol. The molecular weight excluding hydrogens is 140 g/mol. The van der Waals surface area contributed by atoms with Crippen LogP contribution in [0.15, 0.2) is 0 Å². The number of hydrogen-bond donors (Lipinski definition) is 2. The van der Waals surface area contributed by atoms with E-state index in [0.29, 0.717) is 0 Å². The number of amides is 1. The van der Waals surface area contributed by atoms with Gasteiger partial charge in [-0.25, -0.2) is 0 Å². The van der Waals surface area contributed by atoms with Crippen LogP contribution in [0.2, 0.25) is 0 Å². The van der Waals surface area contributed by atoms with Crippen molar-refractivity contribution in [2.75, 3.05) is 13.6 Å². The van der Waals surface area contributed by atoms with Gasteiger partial charge < -0.3 is 10.6 Å². The Kier molecular flexibility index (Phi) is 2.18. The van der Waals surface area contributed by atoms with Crippen LogP contribution in [0.4, 0.5) is 0 Å². The third-order valence-corrected chi connectivity index (χ3v) is 2.41. The topological polar surface area (TPSA) is 41.1 Å². The maximum absolute atomic E-state index is 11.3. The molecule has 3 heteroatoms. The number of likely N-dealkylation sites (N-methyl/N-ethyl adjacent to an activating group) is 1. The molecule has 0 aromatic heterocycles. The van der Waals surface area contributed by atoms with E-state index >= 15 is 0 Å². The minimum atomic E-state index is -0.00694. The molecule has 1 heterocycles. The van der Waals surface area contributed by atoms with E-state index in [1.807, 2.05) is 0 Å². The molecular formula is C8H16N2O. The molecule has 1 aliphatic rings. The first-order chi connectivity index (χ1) is 5.08. The van der Waals surface area contributed by atoms with Gasteiger partial charge in [0.05, 0.1) is 6.04 Å². The van der Waals surface area contributed by atoms with Crippen LogP contribution in [0.25, 0.3) is 0 Å². The fraction of sp³-hybridized carbons (Fsp3) is 0.875. The Morgan fingerprint density at radius 1 is 1.64 bits per heavy atom. The SMILES string of the molecule is CNC(=O)[C@H]1NCCC1(C)C. The zero-order valence-electron chi connectivity index (χ0n) is 7.40. The molecule has 1 rings (SSSR count). The summed E-state index contributed by atoms with van der Waals surface area (Å²) in [4.78, 5) is 11.3. The van der Waals surface area contributed by atoms with Gasteiger partial charge in [-0.1, -0.05) is 13.8 Å². The predicted octanol–water partition coefficient (Wildman–Crippen LogP) is 0.120. The fourth-order valence-electron chi connectivity index (χ4n) is 1.55. The smallest absolute Gasteiger partial charge is 0.237 e. The van der Waals surface area contributed by atoms with Crippen molar-refractivity contribution in [1.29, 1.82) is 0 Å². The molecule has 1 amide bonds. The zero-order valence-corrected chi connectivity index (χ0v) is 7.40. The number of nitrogens with one attached hydrogen (secondary N) is 2. The molecule has 1 fully saturated rings. The second-order valence-corrected chi connectivity index (χ2v) is 3.74. The van der Waals surface area contributed by atoms with E-state index in [-0.39, 0.29) is 17.4 Å². The number of hydrogen-bond acceptors (Lipinski definition) is 2. The van der Waals surface area contributed by atoms with Crippen molar-refractivity contribution >= 4 is 5.91 Å². The summed E-state index contributed by atoms with van der Waals surface area (Å²) in [5.74, 6) is 0.104. The van der Waals surface area contributed by atoms with E-state index in [1.165, 1.54) is 0 Å². The molecule has 2 N–H and O–H groups in total. The summed E-state index contributed by atoms with van der Waals surface area (Å²) >= 11 is 0. The second-order valence-electron chi connectivity index (χ2n) is 3.74. The first-order valence-corrected chi connectivity index (χ1v) is 4.03. The molecule has 0 saturated carbocycles. The van der Waals surface area contributed by atoms with Crippen molar-refractivity contribution in [3.8, 4) is 0 Å². The highest BCUT2D eigenvalue weighted by atomic mass is 16.2. The summed E-state index contributed by atoms with van der Waals surface area (Å²) < 4.78 is 0. The lowest BCUT2D eigenvalue weighted by Gasteiger charge is -2.24. The largest absolute Gasteiger partial charge is 0.358 e. The quantitative estimate of drug-likeness (QED) is 0.566. The summed E-state index contributed by atoms with van der Waals surface area (Å²) in [5, 5.41) is 5.85. The molecule has 1 aliphatic heterocycles. The van der Waals surface area contributed by atoms with Gasteiger partial charge in [0, 0.05) is 7.05 Å². The molecule has 0 bridgehead atoms. The van der Waals surface area contributed by atoms with E-state index < -0.39 is 0 Å². The number of rotatable bonds is 1. The fourth-order valence-corrected chi connectivity index (χ4v) is 1.55. The standard InChI is InChI=1S/C8H16N2O/c1-8(2)4-5-10-6(8)7(11)9-3/h6,10H,4-5H2,1-3H3,(H,9,11)/t6-/m1/s1. The highest BCUT2D eigenvalue weighted by molar-refractivity contribution is 5.82. The normalized spacial score (nSPS) is 28.5. The zero-order chi connectivity index (χ0) is 8.48. The molecule has 0 aromatic rings. The van der Waals surface area contributed by atoms with Gasteiger partial charge in [-0.15, -0.1) is 0 Å². The van der Waals surface area contributed by atoms with Crippen molar-refractivity contribution in [2.45, 2.75) is 26.3 Å². The lowest BCUT2D eigenvalue weighted by Crippen LogP contribution is -2.45. The van der Waals surface area contributed by atoms with E-state index in [2.05, 4.69) is 24.5 Å². The molecule has 3 nitrogen and oxygen atoms in total. The minimum absolute atomic E-state index is 0.00694. The number of carbonyl (C=O) groups is 1. The van der Waals surface area contributed by atoms with Crippen molar-refractivity contribution in [3.63, 3.8) is 0 Å². The van der Waals surface area contributed by atoms with Crippen LogP contribution in [-0.4, -0.2) is 25.5 Å². The van der Waals surface area contributed by atoms with E-state index in [4.69, 9.17) is 0 Å². The molecule has 1 saturated heterocycles. The third-order valence-electron chi connectivity index (χ3n) is 2.41. The van der Waals surface area contributed by atoms with Crippen molar-refractivity contribution in [1.82, 2.24) is 10.6 Å². The van der Waals surface area contributed by atoms with E-state index in [1.54, 1.807) is 7.05 Å². The van der Waals surface area contributed by atoms with Crippen LogP contribution in [0, 0.1) is 5.41 Å². The van der Waals surface area contributed by atoms with Gasteiger partial charge in [-0.3, -0.25) is 4.79 Å². The lowest BCUT2D eigenvalue weighted by molar-refractivity contribution is -0.124. The molecule has 1 atom stereocenters. The molecule has 0 spiro atoms. The van der Waals surface area contributed by atoms with Crippen LogP contribution in [0.3, 0.4) is 0 Å². The summed E-state index contributed by atoms with van der Waals surface area (Å²) in [6, 6.07) is -0.00694. The number of carbonyl (C=O) groups excluding carboxylic acids is 1. The maximum atomic E-state index is 11.3. The predicted molar refractivity (Wildman–Crippen MR) is 44.3 cm³/mol. The van der Waals surface area contributed by atoms with Gasteiger partial charge in [0.1, 0.15) is 0 Å². The highest BCUT2D eigenvalue weighted by Crippen LogP contribution is 2.29. The average molecular weight is 156 g/mol. The Labute approximate surface area is 67.5 Å². The summed E-state index contributed by atoms with van der Waals surface area (Å²) in [7, 11) is 1.68. The third kappa shape index (κ3) is 1.53. The summed E-state index contributed by atoms with van der Waals surface area (Å²) in [5.41, 5.74) is 0.111. The first kappa shape index (κ1) is 8.53.